The average molecular weight is 929 g/mol. The van der Waals surface area contributed by atoms with E-state index in [1.165, 1.54) is 10.6 Å². The summed E-state index contributed by atoms with van der Waals surface area (Å²) in [5.74, 6) is -3.15. The van der Waals surface area contributed by atoms with Crippen molar-refractivity contribution in [3.63, 3.8) is 0 Å². The number of aliphatic hydroxyl groups is 1. The average Bonchev–Trinajstić information content (AvgIpc) is 3.85. The van der Waals surface area contributed by atoms with Crippen LogP contribution in [0.5, 0.6) is 0 Å². The molecular weight excluding hydrogens is 876 g/mol. The number of aliphatic hydroxyl groups excluding tert-OH is 1. The van der Waals surface area contributed by atoms with Crippen molar-refractivity contribution < 1.29 is 33.5 Å². The molecule has 3 aromatic carbocycles. The first-order valence-electron chi connectivity index (χ1n) is 22.9. The first kappa shape index (κ1) is 43.8. The number of benzene rings is 3. The molecule has 4 aliphatic heterocycles. The fourth-order valence-corrected chi connectivity index (χ4v) is 12.8. The van der Waals surface area contributed by atoms with Gasteiger partial charge in [0.2, 0.25) is 29.5 Å². The number of anilines is 1. The molecule has 1 unspecified atom stereocenters. The Morgan fingerprint density at radius 1 is 0.862 bits per heavy atom. The van der Waals surface area contributed by atoms with E-state index in [0.29, 0.717) is 91.8 Å². The normalized spacial score (nSPS) is 30.5. The number of hydrogen-bond donors (Lipinski definition) is 5. The molecule has 0 radical (unpaired) electrons. The van der Waals surface area contributed by atoms with E-state index in [1.807, 2.05) is 23.1 Å². The number of carbonyl (C=O) groups excluding carboxylic acids is 5. The lowest BCUT2D eigenvalue weighted by Crippen LogP contribution is -2.61. The van der Waals surface area contributed by atoms with Crippen LogP contribution in [0.15, 0.2) is 59.4 Å². The maximum atomic E-state index is 16.4. The molecule has 4 aromatic rings. The summed E-state index contributed by atoms with van der Waals surface area (Å²) in [7, 11) is 1.68. The SMILES string of the molecule is Cn1c(=O)n(C2CCC(=O)NC2=O)c2ccc(C3CCN(C(=O)C4CCC(NC(=O)[C@@H]5NC6(CCC(O)CC6)[C@@]6(C(=O)Nc7cc(Cl)ccc76)[C@H]5c5cccc(Cl)c5F)CC4)CC3)cc21. The predicted molar refractivity (Wildman–Crippen MR) is 241 cm³/mol. The second-order valence-electron chi connectivity index (χ2n) is 19.1. The van der Waals surface area contributed by atoms with E-state index in [2.05, 4.69) is 21.3 Å². The van der Waals surface area contributed by atoms with Crippen molar-refractivity contribution in [2.75, 3.05) is 18.4 Å². The second-order valence-corrected chi connectivity index (χ2v) is 19.9. The third kappa shape index (κ3) is 7.10. The van der Waals surface area contributed by atoms with Crippen LogP contribution in [0.1, 0.15) is 112 Å². The summed E-state index contributed by atoms with van der Waals surface area (Å²) in [4.78, 5) is 83.1. The standard InChI is InChI=1S/C48H52Cl2FN7O7/c1-56-37-23-27(7-12-35(37)58(46(56)65)36-13-14-38(60)54-42(36)61)25-17-21-57(22-18-25)44(63)26-5-9-29(10-6-26)52-43(62)41-39(31-3-2-4-33(50)40(31)51)48(47(55-41)19-15-30(59)16-20-47)32-11-8-28(49)24-34(32)53-45(48)64/h2-4,7-8,11-12,23-26,29-30,36,39,41,55,59H,5-6,9-10,13-22H2,1H3,(H,52,62)(H,53,64)(H,54,60,61)/t26?,29?,30?,36?,39-,41+,47?,48+/m0/s1. The van der Waals surface area contributed by atoms with Crippen molar-refractivity contribution in [2.24, 2.45) is 13.0 Å². The van der Waals surface area contributed by atoms with E-state index in [4.69, 9.17) is 23.2 Å². The van der Waals surface area contributed by atoms with Gasteiger partial charge in [0, 0.05) is 60.7 Å². The number of amides is 5. The number of halogens is 3. The monoisotopic (exact) mass is 927 g/mol. The van der Waals surface area contributed by atoms with Crippen LogP contribution < -0.4 is 27.0 Å². The minimum absolute atomic E-state index is 0.107. The van der Waals surface area contributed by atoms with Crippen LogP contribution in [-0.4, -0.2) is 85.5 Å². The molecule has 5 amide bonds. The van der Waals surface area contributed by atoms with Crippen molar-refractivity contribution in [1.82, 2.24) is 30.0 Å². The molecule has 4 atom stereocenters. The number of carbonyl (C=O) groups is 5. The number of imide groups is 1. The Bertz CT molecular complexity index is 2700. The molecule has 17 heteroatoms. The van der Waals surface area contributed by atoms with Gasteiger partial charge in [0.05, 0.1) is 28.2 Å². The molecule has 5 N–H and O–H groups in total. The molecule has 2 spiro atoms. The molecule has 10 rings (SSSR count). The Labute approximate surface area is 384 Å². The molecular formula is C48H52Cl2FN7O7. The molecule has 6 aliphatic rings. The minimum Gasteiger partial charge on any atom is -0.393 e. The molecule has 0 bridgehead atoms. The highest BCUT2D eigenvalue weighted by molar-refractivity contribution is 6.31. The fourth-order valence-electron chi connectivity index (χ4n) is 12.5. The molecule has 2 saturated carbocycles. The van der Waals surface area contributed by atoms with Crippen LogP contribution in [0.4, 0.5) is 10.1 Å². The van der Waals surface area contributed by atoms with Crippen LogP contribution in [-0.2, 0) is 36.4 Å². The highest BCUT2D eigenvalue weighted by Gasteiger charge is 2.72. The van der Waals surface area contributed by atoms with Crippen molar-refractivity contribution >= 4 is 69.5 Å². The lowest BCUT2D eigenvalue weighted by molar-refractivity contribution is -0.138. The van der Waals surface area contributed by atoms with Gasteiger partial charge in [0.25, 0.3) is 0 Å². The van der Waals surface area contributed by atoms with E-state index in [0.717, 1.165) is 18.4 Å². The highest BCUT2D eigenvalue weighted by atomic mass is 35.5. The van der Waals surface area contributed by atoms with E-state index in [-0.39, 0.29) is 70.6 Å². The zero-order valence-electron chi connectivity index (χ0n) is 36.0. The summed E-state index contributed by atoms with van der Waals surface area (Å²) in [6.45, 7) is 1.18. The first-order valence-corrected chi connectivity index (χ1v) is 23.6. The van der Waals surface area contributed by atoms with Gasteiger partial charge in [-0.3, -0.25) is 43.7 Å². The summed E-state index contributed by atoms with van der Waals surface area (Å²) in [6.07, 6.45) is 5.21. The van der Waals surface area contributed by atoms with Crippen molar-refractivity contribution in [3.8, 4) is 0 Å². The summed E-state index contributed by atoms with van der Waals surface area (Å²) in [6, 6.07) is 13.7. The highest BCUT2D eigenvalue weighted by Crippen LogP contribution is 2.63. The predicted octanol–water partition coefficient (Wildman–Crippen LogP) is 5.46. The Balaban J connectivity index is 0.819. The van der Waals surface area contributed by atoms with Gasteiger partial charge < -0.3 is 20.6 Å². The van der Waals surface area contributed by atoms with Gasteiger partial charge in [-0.1, -0.05) is 47.5 Å². The maximum absolute atomic E-state index is 16.4. The number of nitrogens with zero attached hydrogens (tertiary/aromatic N) is 3. The minimum atomic E-state index is -1.44. The number of fused-ring (bicyclic) bond motifs is 4. The molecule has 65 heavy (non-hydrogen) atoms. The van der Waals surface area contributed by atoms with Gasteiger partial charge in [-0.15, -0.1) is 0 Å². The number of aromatic nitrogens is 2. The Morgan fingerprint density at radius 3 is 2.32 bits per heavy atom. The van der Waals surface area contributed by atoms with Crippen LogP contribution in [0.3, 0.4) is 0 Å². The molecule has 2 aliphatic carbocycles. The van der Waals surface area contributed by atoms with Crippen LogP contribution in [0.2, 0.25) is 10.0 Å². The van der Waals surface area contributed by atoms with E-state index in [1.54, 1.807) is 41.9 Å². The van der Waals surface area contributed by atoms with Gasteiger partial charge in [0.1, 0.15) is 17.3 Å². The van der Waals surface area contributed by atoms with Gasteiger partial charge >= 0.3 is 5.69 Å². The number of rotatable bonds is 6. The maximum Gasteiger partial charge on any atom is 0.329 e. The van der Waals surface area contributed by atoms with Crippen molar-refractivity contribution in [2.45, 2.75) is 124 Å². The zero-order chi connectivity index (χ0) is 45.5. The Hall–Kier alpha value is -5.09. The topological polar surface area (TPSA) is 184 Å². The molecule has 1 aromatic heterocycles. The zero-order valence-corrected chi connectivity index (χ0v) is 37.5. The lowest BCUT2D eigenvalue weighted by Gasteiger charge is -2.47. The van der Waals surface area contributed by atoms with Crippen molar-refractivity contribution in [1.29, 1.82) is 0 Å². The number of imidazole rings is 1. The van der Waals surface area contributed by atoms with Gasteiger partial charge in [-0.25, -0.2) is 9.18 Å². The van der Waals surface area contributed by atoms with Gasteiger partial charge in [-0.05, 0) is 124 Å². The second kappa shape index (κ2) is 16.7. The summed E-state index contributed by atoms with van der Waals surface area (Å²) in [5, 5.41) is 23.2. The Morgan fingerprint density at radius 2 is 1.60 bits per heavy atom. The van der Waals surface area contributed by atoms with E-state index in [9.17, 15) is 33.9 Å². The third-order valence-corrected chi connectivity index (χ3v) is 16.3. The third-order valence-electron chi connectivity index (χ3n) is 15.7. The molecule has 5 heterocycles. The molecule has 14 nitrogen and oxygen atoms in total. The number of hydrogen-bond acceptors (Lipinski definition) is 8. The molecule has 3 saturated heterocycles. The molecule has 342 valence electrons. The summed E-state index contributed by atoms with van der Waals surface area (Å²) in [5.41, 5.74) is 0.927. The van der Waals surface area contributed by atoms with Gasteiger partial charge in [0.15, 0.2) is 0 Å². The largest absolute Gasteiger partial charge is 0.393 e. The van der Waals surface area contributed by atoms with E-state index >= 15 is 4.39 Å². The number of nitrogens with one attached hydrogen (secondary N) is 4. The summed E-state index contributed by atoms with van der Waals surface area (Å²) < 4.78 is 19.4. The smallest absolute Gasteiger partial charge is 0.329 e. The number of aryl methyl sites for hydroxylation is 1. The van der Waals surface area contributed by atoms with Crippen molar-refractivity contribution in [3.05, 3.63) is 97.6 Å². The quantitative estimate of drug-likeness (QED) is 0.158. The summed E-state index contributed by atoms with van der Waals surface area (Å²) >= 11 is 12.8. The van der Waals surface area contributed by atoms with E-state index < -0.39 is 46.8 Å². The number of likely N-dealkylation sites (tertiary alicyclic amines) is 1. The van der Waals surface area contributed by atoms with Crippen LogP contribution in [0.25, 0.3) is 11.0 Å². The van der Waals surface area contributed by atoms with Crippen LogP contribution in [0, 0.1) is 11.7 Å². The first-order chi connectivity index (χ1) is 31.2. The lowest BCUT2D eigenvalue weighted by atomic mass is 9.55. The Kier molecular flexibility index (Phi) is 11.2. The van der Waals surface area contributed by atoms with Gasteiger partial charge in [-0.2, -0.15) is 0 Å². The van der Waals surface area contributed by atoms with Crippen LogP contribution >= 0.6 is 23.2 Å². The molecule has 5 fully saturated rings. The fraction of sp³-hybridized carbons (Fsp3) is 0.500. The number of piperidine rings is 2.